The number of hydrogen-bond acceptors (Lipinski definition) is 4. The molecule has 1 N–H and O–H groups in total. The molecule has 7 nitrogen and oxygen atoms in total. The zero-order valence-electron chi connectivity index (χ0n) is 18.6. The van der Waals surface area contributed by atoms with Crippen molar-refractivity contribution in [3.8, 4) is 0 Å². The molecular formula is C23H30ClN3O4S. The van der Waals surface area contributed by atoms with E-state index in [1.165, 1.54) is 9.21 Å². The molecule has 1 atom stereocenters. The Bertz CT molecular complexity index is 1010. The monoisotopic (exact) mass is 479 g/mol. The lowest BCUT2D eigenvalue weighted by Crippen LogP contribution is -2.47. The quantitative estimate of drug-likeness (QED) is 0.534. The lowest BCUT2D eigenvalue weighted by atomic mass is 10.1. The number of carbonyl (C=O) groups excluding carboxylic acids is 2. The Morgan fingerprint density at radius 2 is 1.78 bits per heavy atom. The molecule has 0 bridgehead atoms. The first-order chi connectivity index (χ1) is 15.1. The van der Waals surface area contributed by atoms with Gasteiger partial charge in [0, 0.05) is 31.1 Å². The molecule has 0 aliphatic carbocycles. The fourth-order valence-electron chi connectivity index (χ4n) is 3.33. The van der Waals surface area contributed by atoms with E-state index < -0.39 is 16.1 Å². The SMILES string of the molecule is CCNC(=O)C(C)N(Cc1cccc(Cl)c1)C(=O)CCCN(c1ccccc1)S(C)(=O)=O. The van der Waals surface area contributed by atoms with Crippen LogP contribution in [0.15, 0.2) is 54.6 Å². The fraction of sp³-hybridized carbons (Fsp3) is 0.391. The summed E-state index contributed by atoms with van der Waals surface area (Å²) in [5, 5.41) is 3.30. The number of anilines is 1. The Kier molecular flexibility index (Phi) is 9.53. The number of nitrogens with one attached hydrogen (secondary N) is 1. The number of likely N-dealkylation sites (N-methyl/N-ethyl adjacent to an activating group) is 1. The smallest absolute Gasteiger partial charge is 0.242 e. The van der Waals surface area contributed by atoms with Crippen molar-refractivity contribution in [2.75, 3.05) is 23.7 Å². The maximum atomic E-state index is 13.1. The Balaban J connectivity index is 2.13. The van der Waals surface area contributed by atoms with Gasteiger partial charge in [0.25, 0.3) is 0 Å². The topological polar surface area (TPSA) is 86.8 Å². The van der Waals surface area contributed by atoms with Gasteiger partial charge >= 0.3 is 0 Å². The van der Waals surface area contributed by atoms with Crippen molar-refractivity contribution in [1.82, 2.24) is 10.2 Å². The maximum Gasteiger partial charge on any atom is 0.242 e. The summed E-state index contributed by atoms with van der Waals surface area (Å²) >= 11 is 6.07. The predicted molar refractivity (Wildman–Crippen MR) is 128 cm³/mol. The van der Waals surface area contributed by atoms with E-state index in [0.29, 0.717) is 23.7 Å². The van der Waals surface area contributed by atoms with Crippen LogP contribution in [-0.2, 0) is 26.2 Å². The highest BCUT2D eigenvalue weighted by Crippen LogP contribution is 2.19. The largest absolute Gasteiger partial charge is 0.355 e. The van der Waals surface area contributed by atoms with Crippen LogP contribution in [0.3, 0.4) is 0 Å². The van der Waals surface area contributed by atoms with E-state index in [1.54, 1.807) is 49.4 Å². The molecule has 2 aromatic carbocycles. The van der Waals surface area contributed by atoms with Gasteiger partial charge in [-0.1, -0.05) is 41.9 Å². The number of benzene rings is 2. The van der Waals surface area contributed by atoms with Crippen molar-refractivity contribution in [2.24, 2.45) is 0 Å². The van der Waals surface area contributed by atoms with E-state index in [9.17, 15) is 18.0 Å². The summed E-state index contributed by atoms with van der Waals surface area (Å²) in [6, 6.07) is 15.2. The van der Waals surface area contributed by atoms with Crippen LogP contribution in [0.1, 0.15) is 32.3 Å². The first kappa shape index (κ1) is 25.7. The molecule has 0 saturated heterocycles. The molecule has 2 aromatic rings. The van der Waals surface area contributed by atoms with Gasteiger partial charge in [0.1, 0.15) is 6.04 Å². The van der Waals surface area contributed by atoms with E-state index in [4.69, 9.17) is 11.6 Å². The molecule has 2 rings (SSSR count). The van der Waals surface area contributed by atoms with Gasteiger partial charge in [0.15, 0.2) is 0 Å². The summed E-state index contributed by atoms with van der Waals surface area (Å²) in [6.45, 7) is 4.35. The number of rotatable bonds is 11. The number of para-hydroxylation sites is 1. The molecule has 0 saturated carbocycles. The van der Waals surface area contributed by atoms with Crippen LogP contribution in [0.5, 0.6) is 0 Å². The summed E-state index contributed by atoms with van der Waals surface area (Å²) in [6.07, 6.45) is 1.56. The molecule has 0 aromatic heterocycles. The fourth-order valence-corrected chi connectivity index (χ4v) is 4.51. The summed E-state index contributed by atoms with van der Waals surface area (Å²) < 4.78 is 25.8. The van der Waals surface area contributed by atoms with Crippen molar-refractivity contribution in [3.63, 3.8) is 0 Å². The molecular weight excluding hydrogens is 450 g/mol. The van der Waals surface area contributed by atoms with Gasteiger partial charge < -0.3 is 10.2 Å². The summed E-state index contributed by atoms with van der Waals surface area (Å²) in [4.78, 5) is 27.0. The molecule has 174 valence electrons. The minimum atomic E-state index is -3.50. The van der Waals surface area contributed by atoms with Gasteiger partial charge in [-0.25, -0.2) is 8.42 Å². The van der Waals surface area contributed by atoms with E-state index in [2.05, 4.69) is 5.32 Å². The number of sulfonamides is 1. The van der Waals surface area contributed by atoms with Gasteiger partial charge in [-0.3, -0.25) is 13.9 Å². The van der Waals surface area contributed by atoms with Gasteiger partial charge in [-0.2, -0.15) is 0 Å². The molecule has 0 aliphatic rings. The molecule has 2 amide bonds. The average Bonchev–Trinajstić information content (AvgIpc) is 2.74. The van der Waals surface area contributed by atoms with E-state index in [-0.39, 0.29) is 31.3 Å². The van der Waals surface area contributed by atoms with Crippen LogP contribution in [0.25, 0.3) is 0 Å². The van der Waals surface area contributed by atoms with E-state index in [1.807, 2.05) is 19.1 Å². The molecule has 1 unspecified atom stereocenters. The molecule has 0 fully saturated rings. The Labute approximate surface area is 195 Å². The summed E-state index contributed by atoms with van der Waals surface area (Å²) in [5.41, 5.74) is 1.36. The number of nitrogens with zero attached hydrogens (tertiary/aromatic N) is 2. The lowest BCUT2D eigenvalue weighted by molar-refractivity contribution is -0.140. The number of carbonyl (C=O) groups is 2. The third kappa shape index (κ3) is 7.53. The highest BCUT2D eigenvalue weighted by atomic mass is 35.5. The Hall–Kier alpha value is -2.58. The van der Waals surface area contributed by atoms with Crippen molar-refractivity contribution in [3.05, 3.63) is 65.2 Å². The normalized spacial score (nSPS) is 12.1. The number of hydrogen-bond donors (Lipinski definition) is 1. The van der Waals surface area contributed by atoms with Gasteiger partial charge in [-0.15, -0.1) is 0 Å². The highest BCUT2D eigenvalue weighted by Gasteiger charge is 2.26. The van der Waals surface area contributed by atoms with E-state index in [0.717, 1.165) is 11.8 Å². The summed E-state index contributed by atoms with van der Waals surface area (Å²) in [5.74, 6) is -0.477. The second-order valence-electron chi connectivity index (χ2n) is 7.50. The van der Waals surface area contributed by atoms with E-state index >= 15 is 0 Å². The standard InChI is InChI=1S/C23H30ClN3O4S/c1-4-25-23(29)18(2)26(17-19-10-8-11-20(24)16-19)22(28)14-9-15-27(32(3,30)31)21-12-6-5-7-13-21/h5-8,10-13,16,18H,4,9,14-15,17H2,1-3H3,(H,25,29). The zero-order valence-corrected chi connectivity index (χ0v) is 20.2. The molecule has 0 aliphatic heterocycles. The van der Waals surface area contributed by atoms with Crippen molar-refractivity contribution in [1.29, 1.82) is 0 Å². The molecule has 0 radical (unpaired) electrons. The number of halogens is 1. The third-order valence-corrected chi connectivity index (χ3v) is 6.39. The van der Waals surface area contributed by atoms with Crippen LogP contribution in [0, 0.1) is 0 Å². The van der Waals surface area contributed by atoms with Crippen LogP contribution in [0.2, 0.25) is 5.02 Å². The van der Waals surface area contributed by atoms with Crippen molar-refractivity contribution < 1.29 is 18.0 Å². The average molecular weight is 480 g/mol. The predicted octanol–water partition coefficient (Wildman–Crippen LogP) is 3.44. The van der Waals surface area contributed by atoms with Gasteiger partial charge in [0.05, 0.1) is 11.9 Å². The lowest BCUT2D eigenvalue weighted by Gasteiger charge is -2.29. The minimum absolute atomic E-state index is 0.100. The first-order valence-corrected chi connectivity index (χ1v) is 12.7. The van der Waals surface area contributed by atoms with Crippen LogP contribution >= 0.6 is 11.6 Å². The van der Waals surface area contributed by atoms with Crippen LogP contribution < -0.4 is 9.62 Å². The molecule has 0 heterocycles. The van der Waals surface area contributed by atoms with Crippen LogP contribution in [-0.4, -0.2) is 50.5 Å². The Morgan fingerprint density at radius 1 is 1.09 bits per heavy atom. The second kappa shape index (κ2) is 11.9. The minimum Gasteiger partial charge on any atom is -0.355 e. The van der Waals surface area contributed by atoms with Gasteiger partial charge in [0.2, 0.25) is 21.8 Å². The highest BCUT2D eigenvalue weighted by molar-refractivity contribution is 7.92. The Morgan fingerprint density at radius 3 is 2.38 bits per heavy atom. The van der Waals surface area contributed by atoms with Gasteiger partial charge in [-0.05, 0) is 50.1 Å². The maximum absolute atomic E-state index is 13.1. The van der Waals surface area contributed by atoms with Crippen molar-refractivity contribution >= 4 is 39.1 Å². The summed E-state index contributed by atoms with van der Waals surface area (Å²) in [7, 11) is -3.50. The van der Waals surface area contributed by atoms with Crippen LogP contribution in [0.4, 0.5) is 5.69 Å². The molecule has 0 spiro atoms. The number of amides is 2. The molecule has 9 heteroatoms. The third-order valence-electron chi connectivity index (χ3n) is 4.96. The zero-order chi connectivity index (χ0) is 23.7. The second-order valence-corrected chi connectivity index (χ2v) is 9.84. The first-order valence-electron chi connectivity index (χ1n) is 10.5. The van der Waals surface area contributed by atoms with Crippen molar-refractivity contribution in [2.45, 2.75) is 39.3 Å². The molecule has 32 heavy (non-hydrogen) atoms.